The Morgan fingerprint density at radius 1 is 1.21 bits per heavy atom. The van der Waals surface area contributed by atoms with Gasteiger partial charge in [0.15, 0.2) is 0 Å². The Morgan fingerprint density at radius 2 is 1.86 bits per heavy atom. The van der Waals surface area contributed by atoms with Gasteiger partial charge in [-0.25, -0.2) is 4.39 Å². The molecule has 1 aromatic rings. The molecule has 1 unspecified atom stereocenters. The van der Waals surface area contributed by atoms with Crippen molar-refractivity contribution >= 4 is 0 Å². The molecule has 0 N–H and O–H groups in total. The highest BCUT2D eigenvalue weighted by atomic mass is 19.1. The summed E-state index contributed by atoms with van der Waals surface area (Å²) in [6.07, 6.45) is 0. The van der Waals surface area contributed by atoms with E-state index in [4.69, 9.17) is 5.26 Å². The fourth-order valence-corrected chi connectivity index (χ4v) is 1.52. The molecule has 1 nitrogen and oxygen atoms in total. The van der Waals surface area contributed by atoms with Gasteiger partial charge >= 0.3 is 0 Å². The van der Waals surface area contributed by atoms with Gasteiger partial charge in [0.1, 0.15) is 5.82 Å². The van der Waals surface area contributed by atoms with Crippen molar-refractivity contribution in [2.24, 2.45) is 0 Å². The summed E-state index contributed by atoms with van der Waals surface area (Å²) in [5.74, 6) is -0.198. The molecule has 0 aromatic heterocycles. The topological polar surface area (TPSA) is 23.8 Å². The van der Waals surface area contributed by atoms with Crippen molar-refractivity contribution in [1.82, 2.24) is 0 Å². The van der Waals surface area contributed by atoms with Gasteiger partial charge < -0.3 is 0 Å². The highest BCUT2D eigenvalue weighted by molar-refractivity contribution is 5.35. The molecular formula is C12H14FN. The Labute approximate surface area is 84.2 Å². The number of hydrogen-bond acceptors (Lipinski definition) is 1. The van der Waals surface area contributed by atoms with Crippen LogP contribution in [0.5, 0.6) is 0 Å². The molecule has 0 saturated heterocycles. The zero-order valence-corrected chi connectivity index (χ0v) is 8.71. The minimum absolute atomic E-state index is 0.247. The Morgan fingerprint density at radius 3 is 2.36 bits per heavy atom. The molecule has 0 aliphatic carbocycles. The van der Waals surface area contributed by atoms with Crippen LogP contribution in [-0.4, -0.2) is 0 Å². The predicted octanol–water partition coefficient (Wildman–Crippen LogP) is 3.58. The van der Waals surface area contributed by atoms with Crippen LogP contribution in [0.15, 0.2) is 18.2 Å². The van der Waals surface area contributed by atoms with E-state index in [0.29, 0.717) is 5.92 Å². The summed E-state index contributed by atoms with van der Waals surface area (Å²) in [5, 5.41) is 8.81. The minimum Gasteiger partial charge on any atom is -0.207 e. The van der Waals surface area contributed by atoms with Crippen LogP contribution in [0.25, 0.3) is 0 Å². The summed E-state index contributed by atoms with van der Waals surface area (Å²) in [7, 11) is 0. The van der Waals surface area contributed by atoms with E-state index in [2.05, 4.69) is 6.07 Å². The van der Waals surface area contributed by atoms with Crippen LogP contribution < -0.4 is 0 Å². The van der Waals surface area contributed by atoms with Crippen molar-refractivity contribution in [3.05, 3.63) is 35.1 Å². The van der Waals surface area contributed by atoms with Crippen molar-refractivity contribution in [1.29, 1.82) is 5.26 Å². The number of rotatable bonds is 2. The van der Waals surface area contributed by atoms with Crippen LogP contribution in [-0.2, 0) is 0 Å². The monoisotopic (exact) mass is 191 g/mol. The summed E-state index contributed by atoms with van der Waals surface area (Å²) < 4.78 is 13.0. The average Bonchev–Trinajstić information content (AvgIpc) is 2.16. The van der Waals surface area contributed by atoms with E-state index in [9.17, 15) is 4.39 Å². The number of benzene rings is 1. The minimum atomic E-state index is -0.272. The summed E-state index contributed by atoms with van der Waals surface area (Å²) in [6, 6.07) is 6.81. The summed E-state index contributed by atoms with van der Waals surface area (Å²) in [4.78, 5) is 0. The van der Waals surface area contributed by atoms with Crippen LogP contribution in [0, 0.1) is 17.1 Å². The third-order valence-corrected chi connectivity index (χ3v) is 2.33. The van der Waals surface area contributed by atoms with E-state index in [-0.39, 0.29) is 11.7 Å². The van der Waals surface area contributed by atoms with E-state index in [1.807, 2.05) is 13.8 Å². The van der Waals surface area contributed by atoms with E-state index in [1.165, 1.54) is 12.1 Å². The molecule has 0 radical (unpaired) electrons. The molecule has 1 atom stereocenters. The van der Waals surface area contributed by atoms with E-state index >= 15 is 0 Å². The Balaban J connectivity index is 3.24. The van der Waals surface area contributed by atoms with Gasteiger partial charge in [0.25, 0.3) is 0 Å². The number of hydrogen-bond donors (Lipinski definition) is 0. The van der Waals surface area contributed by atoms with Crippen LogP contribution in [0.4, 0.5) is 4.39 Å². The zero-order chi connectivity index (χ0) is 10.7. The Hall–Kier alpha value is -1.36. The quantitative estimate of drug-likeness (QED) is 0.701. The van der Waals surface area contributed by atoms with E-state index < -0.39 is 0 Å². The lowest BCUT2D eigenvalue weighted by Crippen LogP contribution is -2.00. The predicted molar refractivity (Wildman–Crippen MR) is 54.5 cm³/mol. The first-order chi connectivity index (χ1) is 6.56. The van der Waals surface area contributed by atoms with Crippen LogP contribution >= 0.6 is 0 Å². The summed E-state index contributed by atoms with van der Waals surface area (Å²) in [6.45, 7) is 5.88. The van der Waals surface area contributed by atoms with Gasteiger partial charge in [0.05, 0.1) is 12.0 Å². The number of halogens is 1. The van der Waals surface area contributed by atoms with Gasteiger partial charge in [-0.1, -0.05) is 19.9 Å². The first-order valence-electron chi connectivity index (χ1n) is 4.75. The summed E-state index contributed by atoms with van der Waals surface area (Å²) >= 11 is 0. The molecule has 0 aliphatic heterocycles. The van der Waals surface area contributed by atoms with Gasteiger partial charge in [-0.3, -0.25) is 0 Å². The van der Waals surface area contributed by atoms with Crippen molar-refractivity contribution in [2.75, 3.05) is 0 Å². The Kier molecular flexibility index (Phi) is 3.24. The van der Waals surface area contributed by atoms with Crippen molar-refractivity contribution < 1.29 is 4.39 Å². The summed E-state index contributed by atoms with van der Waals surface area (Å²) in [5.41, 5.74) is 1.86. The molecule has 0 spiro atoms. The third-order valence-electron chi connectivity index (χ3n) is 2.33. The molecule has 74 valence electrons. The lowest BCUT2D eigenvalue weighted by atomic mass is 9.90. The molecule has 0 saturated carbocycles. The molecule has 0 fully saturated rings. The van der Waals surface area contributed by atoms with E-state index in [0.717, 1.165) is 11.1 Å². The van der Waals surface area contributed by atoms with Crippen molar-refractivity contribution in [2.45, 2.75) is 32.6 Å². The average molecular weight is 191 g/mol. The second-order valence-electron chi connectivity index (χ2n) is 3.78. The maximum absolute atomic E-state index is 13.0. The van der Waals surface area contributed by atoms with Gasteiger partial charge in [0, 0.05) is 0 Å². The lowest BCUT2D eigenvalue weighted by Gasteiger charge is -2.13. The van der Waals surface area contributed by atoms with Gasteiger partial charge in [-0.15, -0.1) is 0 Å². The first-order valence-corrected chi connectivity index (χ1v) is 4.75. The van der Waals surface area contributed by atoms with E-state index in [1.54, 1.807) is 13.0 Å². The fraction of sp³-hybridized carbons (Fsp3) is 0.417. The molecular weight excluding hydrogens is 177 g/mol. The van der Waals surface area contributed by atoms with Crippen LogP contribution in [0.3, 0.4) is 0 Å². The largest absolute Gasteiger partial charge is 0.207 e. The highest BCUT2D eigenvalue weighted by Crippen LogP contribution is 2.26. The van der Waals surface area contributed by atoms with Crippen molar-refractivity contribution in [3.8, 4) is 6.07 Å². The molecule has 0 bridgehead atoms. The maximum atomic E-state index is 13.0. The number of nitriles is 1. The smallest absolute Gasteiger partial charge is 0.123 e. The zero-order valence-electron chi connectivity index (χ0n) is 8.71. The van der Waals surface area contributed by atoms with Crippen LogP contribution in [0.2, 0.25) is 0 Å². The molecule has 0 aliphatic rings. The second kappa shape index (κ2) is 4.23. The normalized spacial score (nSPS) is 12.6. The molecule has 2 heteroatoms. The standard InChI is InChI=1S/C12H14FN/c1-8(2)11-5-4-10(13)6-12(11)9(3)7-14/h4-6,8-9H,1-3H3. The van der Waals surface area contributed by atoms with Gasteiger partial charge in [0.2, 0.25) is 0 Å². The lowest BCUT2D eigenvalue weighted by molar-refractivity contribution is 0.622. The fourth-order valence-electron chi connectivity index (χ4n) is 1.52. The van der Waals surface area contributed by atoms with Gasteiger partial charge in [-0.2, -0.15) is 5.26 Å². The first kappa shape index (κ1) is 10.7. The van der Waals surface area contributed by atoms with Crippen LogP contribution in [0.1, 0.15) is 43.7 Å². The highest BCUT2D eigenvalue weighted by Gasteiger charge is 2.13. The van der Waals surface area contributed by atoms with Crippen molar-refractivity contribution in [3.63, 3.8) is 0 Å². The SMILES string of the molecule is CC(C)c1ccc(F)cc1C(C)C#N. The van der Waals surface area contributed by atoms with Gasteiger partial charge in [-0.05, 0) is 36.1 Å². The molecule has 0 heterocycles. The number of nitrogens with zero attached hydrogens (tertiary/aromatic N) is 1. The maximum Gasteiger partial charge on any atom is 0.123 e. The Bertz CT molecular complexity index is 363. The second-order valence-corrected chi connectivity index (χ2v) is 3.78. The molecule has 0 amide bonds. The molecule has 1 aromatic carbocycles. The molecule has 1 rings (SSSR count). The molecule has 14 heavy (non-hydrogen) atoms. The third kappa shape index (κ3) is 2.11.